The number of carbonyl (C=O) groups excluding carboxylic acids is 3. The van der Waals surface area contributed by atoms with Crippen molar-refractivity contribution in [1.29, 1.82) is 0 Å². The molecule has 1 aliphatic heterocycles. The summed E-state index contributed by atoms with van der Waals surface area (Å²) in [5, 5.41) is 0. The summed E-state index contributed by atoms with van der Waals surface area (Å²) in [6.45, 7) is 13.7. The Morgan fingerprint density at radius 1 is 0.881 bits per heavy atom. The van der Waals surface area contributed by atoms with Gasteiger partial charge in [0.25, 0.3) is 0 Å². The van der Waals surface area contributed by atoms with Crippen LogP contribution in [0.5, 0.6) is 5.75 Å². The van der Waals surface area contributed by atoms with Crippen LogP contribution in [0.3, 0.4) is 0 Å². The van der Waals surface area contributed by atoms with E-state index in [1.54, 1.807) is 48.5 Å². The van der Waals surface area contributed by atoms with Gasteiger partial charge in [0.2, 0.25) is 0 Å². The van der Waals surface area contributed by atoms with Crippen LogP contribution in [0, 0.1) is 12.8 Å². The summed E-state index contributed by atoms with van der Waals surface area (Å²) in [6.07, 6.45) is -1.90. The third kappa shape index (κ3) is 10.0. The number of ether oxygens (including phenoxy) is 5. The van der Waals surface area contributed by atoms with Crippen molar-refractivity contribution in [2.45, 2.75) is 97.7 Å². The lowest BCUT2D eigenvalue weighted by molar-refractivity contribution is -0.159. The van der Waals surface area contributed by atoms with Crippen LogP contribution in [-0.2, 0) is 30.2 Å². The molecule has 0 N–H and O–H groups in total. The smallest absolute Gasteiger partial charge is 0.420 e. The molecule has 42 heavy (non-hydrogen) atoms. The normalized spacial score (nSPS) is 21.7. The number of imide groups is 1. The first-order valence-corrected chi connectivity index (χ1v) is 14.4. The highest BCUT2D eigenvalue weighted by Crippen LogP contribution is 2.27. The van der Waals surface area contributed by atoms with Crippen molar-refractivity contribution in [2.75, 3.05) is 13.2 Å². The van der Waals surface area contributed by atoms with E-state index in [1.807, 2.05) is 49.4 Å². The maximum Gasteiger partial charge on any atom is 0.420 e. The van der Waals surface area contributed by atoms with E-state index in [0.717, 1.165) is 17.5 Å². The molecule has 1 fully saturated rings. The highest BCUT2D eigenvalue weighted by Gasteiger charge is 2.44. The molecule has 9 heteroatoms. The van der Waals surface area contributed by atoms with Crippen molar-refractivity contribution in [3.63, 3.8) is 0 Å². The number of hydrogen-bond donors (Lipinski definition) is 0. The summed E-state index contributed by atoms with van der Waals surface area (Å²) in [5.41, 5.74) is 0.398. The molecule has 0 unspecified atom stereocenters. The molecule has 0 radical (unpaired) electrons. The van der Waals surface area contributed by atoms with Gasteiger partial charge in [0.1, 0.15) is 29.2 Å². The third-order valence-corrected chi connectivity index (χ3v) is 6.54. The zero-order chi connectivity index (χ0) is 31.1. The summed E-state index contributed by atoms with van der Waals surface area (Å²) in [7, 11) is 0. The Balaban J connectivity index is 1.92. The van der Waals surface area contributed by atoms with Crippen molar-refractivity contribution in [3.8, 4) is 5.75 Å². The van der Waals surface area contributed by atoms with Gasteiger partial charge in [-0.1, -0.05) is 48.0 Å². The second kappa shape index (κ2) is 14.1. The van der Waals surface area contributed by atoms with Gasteiger partial charge in [0.15, 0.2) is 6.04 Å². The molecule has 2 aromatic rings. The Morgan fingerprint density at radius 2 is 1.45 bits per heavy atom. The van der Waals surface area contributed by atoms with Gasteiger partial charge < -0.3 is 23.7 Å². The molecule has 2 amide bonds. The monoisotopic (exact) mass is 583 g/mol. The minimum Gasteiger partial charge on any atom is -0.486 e. The molecular weight excluding hydrogens is 538 g/mol. The molecular formula is C33H45NO8. The number of benzene rings is 2. The standard InChI is InChI=1S/C33H45NO8/c1-22-14-18-26(19-15-22)40-28-23(2)39-29(35)27(21-38-20-25(28)17-16-24-12-10-9-11-13-24)34(30(36)41-32(3,4)5)31(37)42-33(6,7)8/h9-15,18-19,23,25,27-28H,16-17,20-21H2,1-8H3/t23-,25-,27-,28-/m0/s1. The van der Waals surface area contributed by atoms with Crippen molar-refractivity contribution >= 4 is 18.2 Å². The van der Waals surface area contributed by atoms with E-state index < -0.39 is 47.6 Å². The topological polar surface area (TPSA) is 101 Å². The molecule has 0 saturated carbocycles. The van der Waals surface area contributed by atoms with E-state index in [9.17, 15) is 14.4 Å². The first-order chi connectivity index (χ1) is 19.6. The summed E-state index contributed by atoms with van der Waals surface area (Å²) < 4.78 is 29.4. The summed E-state index contributed by atoms with van der Waals surface area (Å²) in [5.74, 6) is -0.358. The molecule has 1 saturated heterocycles. The van der Waals surface area contributed by atoms with Gasteiger partial charge in [-0.15, -0.1) is 0 Å². The van der Waals surface area contributed by atoms with Crippen LogP contribution < -0.4 is 4.74 Å². The Bertz CT molecular complexity index is 1160. The minimum atomic E-state index is -1.43. The van der Waals surface area contributed by atoms with Crippen LogP contribution >= 0.6 is 0 Å². The largest absolute Gasteiger partial charge is 0.486 e. The summed E-state index contributed by atoms with van der Waals surface area (Å²) in [4.78, 5) is 40.8. The predicted molar refractivity (Wildman–Crippen MR) is 158 cm³/mol. The Labute approximate surface area is 249 Å². The molecule has 2 aromatic carbocycles. The first-order valence-electron chi connectivity index (χ1n) is 14.4. The van der Waals surface area contributed by atoms with Crippen LogP contribution in [-0.4, -0.2) is 65.7 Å². The van der Waals surface area contributed by atoms with Crippen LogP contribution in [0.1, 0.15) is 66.0 Å². The van der Waals surface area contributed by atoms with Gasteiger partial charge in [-0.05, 0) is 85.9 Å². The van der Waals surface area contributed by atoms with Crippen LogP contribution in [0.15, 0.2) is 54.6 Å². The fourth-order valence-corrected chi connectivity index (χ4v) is 4.55. The van der Waals surface area contributed by atoms with Gasteiger partial charge in [-0.2, -0.15) is 4.90 Å². The number of rotatable bonds is 6. The molecule has 230 valence electrons. The van der Waals surface area contributed by atoms with Gasteiger partial charge in [-0.25, -0.2) is 14.4 Å². The van der Waals surface area contributed by atoms with E-state index in [1.165, 1.54) is 0 Å². The maximum atomic E-state index is 13.6. The van der Waals surface area contributed by atoms with Gasteiger partial charge >= 0.3 is 18.2 Å². The number of aryl methyl sites for hydroxylation is 2. The molecule has 0 spiro atoms. The molecule has 4 atom stereocenters. The highest BCUT2D eigenvalue weighted by molar-refractivity contribution is 5.94. The Hall–Kier alpha value is -3.59. The molecule has 0 aromatic heterocycles. The number of carbonyl (C=O) groups is 3. The van der Waals surface area contributed by atoms with E-state index in [4.69, 9.17) is 23.7 Å². The SMILES string of the molecule is Cc1ccc(O[C@@H]2[C@@H](CCc3ccccc3)COC[C@H](N(C(=O)OC(C)(C)C)C(=O)OC(C)(C)C)C(=O)O[C@H]2C)cc1. The van der Waals surface area contributed by atoms with Crippen LogP contribution in [0.4, 0.5) is 9.59 Å². The van der Waals surface area contributed by atoms with Crippen molar-refractivity contribution < 1.29 is 38.1 Å². The van der Waals surface area contributed by atoms with E-state index in [2.05, 4.69) is 12.1 Å². The average molecular weight is 584 g/mol. The van der Waals surface area contributed by atoms with Crippen LogP contribution in [0.25, 0.3) is 0 Å². The van der Waals surface area contributed by atoms with Gasteiger partial charge in [-0.3, -0.25) is 0 Å². The number of cyclic esters (lactones) is 1. The van der Waals surface area contributed by atoms with Crippen molar-refractivity contribution in [1.82, 2.24) is 4.90 Å². The zero-order valence-corrected chi connectivity index (χ0v) is 26.0. The van der Waals surface area contributed by atoms with Crippen molar-refractivity contribution in [3.05, 3.63) is 65.7 Å². The maximum absolute atomic E-state index is 13.6. The number of amides is 2. The number of hydrogen-bond acceptors (Lipinski definition) is 8. The molecule has 9 nitrogen and oxygen atoms in total. The van der Waals surface area contributed by atoms with Crippen LogP contribution in [0.2, 0.25) is 0 Å². The number of esters is 1. The Kier molecular flexibility index (Phi) is 11.0. The first kappa shape index (κ1) is 32.9. The predicted octanol–water partition coefficient (Wildman–Crippen LogP) is 6.49. The third-order valence-electron chi connectivity index (χ3n) is 6.54. The highest BCUT2D eigenvalue weighted by atomic mass is 16.6. The fraction of sp³-hybridized carbons (Fsp3) is 0.545. The second-order valence-corrected chi connectivity index (χ2v) is 12.7. The lowest BCUT2D eigenvalue weighted by Crippen LogP contribution is -2.54. The van der Waals surface area contributed by atoms with Gasteiger partial charge in [0.05, 0.1) is 13.2 Å². The minimum absolute atomic E-state index is 0.176. The summed E-state index contributed by atoms with van der Waals surface area (Å²) >= 11 is 0. The lowest BCUT2D eigenvalue weighted by Gasteiger charge is -2.33. The Morgan fingerprint density at radius 3 is 2.00 bits per heavy atom. The summed E-state index contributed by atoms with van der Waals surface area (Å²) in [6, 6.07) is 16.3. The molecule has 3 rings (SSSR count). The number of nitrogens with zero attached hydrogens (tertiary/aromatic N) is 1. The molecule has 0 bridgehead atoms. The van der Waals surface area contributed by atoms with E-state index >= 15 is 0 Å². The zero-order valence-electron chi connectivity index (χ0n) is 26.0. The van der Waals surface area contributed by atoms with E-state index in [-0.39, 0.29) is 19.1 Å². The average Bonchev–Trinajstić information content (AvgIpc) is 2.92. The quantitative estimate of drug-likeness (QED) is 0.281. The van der Waals surface area contributed by atoms with E-state index in [0.29, 0.717) is 17.1 Å². The fourth-order valence-electron chi connectivity index (χ4n) is 4.55. The second-order valence-electron chi connectivity index (χ2n) is 12.7. The van der Waals surface area contributed by atoms with Gasteiger partial charge in [0, 0.05) is 5.92 Å². The lowest BCUT2D eigenvalue weighted by atomic mass is 9.92. The molecule has 0 aliphatic carbocycles. The molecule has 1 aliphatic rings. The van der Waals surface area contributed by atoms with Crippen molar-refractivity contribution in [2.24, 2.45) is 5.92 Å². The molecule has 1 heterocycles.